The van der Waals surface area contributed by atoms with Crippen LogP contribution in [-0.2, 0) is 6.42 Å². The predicted molar refractivity (Wildman–Crippen MR) is 110 cm³/mol. The highest BCUT2D eigenvalue weighted by Gasteiger charge is 2.35. The van der Waals surface area contributed by atoms with Crippen LogP contribution in [0.25, 0.3) is 0 Å². The van der Waals surface area contributed by atoms with Crippen LogP contribution >= 0.6 is 0 Å². The summed E-state index contributed by atoms with van der Waals surface area (Å²) in [6.07, 6.45) is -0.800. The van der Waals surface area contributed by atoms with Crippen molar-refractivity contribution in [2.45, 2.75) is 18.9 Å². The Morgan fingerprint density at radius 2 is 1.38 bits per heavy atom. The quantitative estimate of drug-likeness (QED) is 0.238. The zero-order valence-corrected chi connectivity index (χ0v) is 16.6. The Kier molecular flexibility index (Phi) is 5.09. The molecule has 7 N–H and O–H groups in total. The third-order valence-electron chi connectivity index (χ3n) is 5.52. The van der Waals surface area contributed by atoms with Crippen LogP contribution in [0.5, 0.6) is 46.0 Å². The standard InChI is InChI=1S/C23H20O9/c24-14-2-1-3-20-13(14)4-11(7-15(25)10-5-16(26)21(30)17(27)6-10)23(32-20)12-8-18(28)22(31)19(29)9-12/h1-3,5-6,8-9,11,23-24,26-31H,4,7H2/t11-,23?/m0/s1. The van der Waals surface area contributed by atoms with Gasteiger partial charge in [0.15, 0.2) is 40.3 Å². The van der Waals surface area contributed by atoms with Gasteiger partial charge in [0.05, 0.1) is 0 Å². The van der Waals surface area contributed by atoms with Crippen LogP contribution in [0.2, 0.25) is 0 Å². The van der Waals surface area contributed by atoms with Gasteiger partial charge in [-0.2, -0.15) is 0 Å². The van der Waals surface area contributed by atoms with Gasteiger partial charge in [0.2, 0.25) is 0 Å². The van der Waals surface area contributed by atoms with Gasteiger partial charge in [0.1, 0.15) is 17.6 Å². The van der Waals surface area contributed by atoms with Gasteiger partial charge in [-0.05, 0) is 42.8 Å². The fourth-order valence-electron chi connectivity index (χ4n) is 3.90. The Hall–Kier alpha value is -4.27. The first-order chi connectivity index (χ1) is 15.2. The summed E-state index contributed by atoms with van der Waals surface area (Å²) in [5.41, 5.74) is 0.724. The highest BCUT2D eigenvalue weighted by molar-refractivity contribution is 5.97. The van der Waals surface area contributed by atoms with Crippen LogP contribution in [0.15, 0.2) is 42.5 Å². The molecular formula is C23H20O9. The number of phenols is 7. The minimum absolute atomic E-state index is 0.0188. The number of hydrogen-bond donors (Lipinski definition) is 7. The zero-order valence-electron chi connectivity index (χ0n) is 16.6. The van der Waals surface area contributed by atoms with Crippen molar-refractivity contribution in [3.8, 4) is 46.0 Å². The minimum atomic E-state index is -0.843. The normalized spacial score (nSPS) is 17.4. The molecule has 0 spiro atoms. The number of phenolic OH excluding ortho intramolecular Hbond substituents is 7. The van der Waals surface area contributed by atoms with Crippen LogP contribution in [0.3, 0.4) is 0 Å². The van der Waals surface area contributed by atoms with Crippen molar-refractivity contribution in [1.29, 1.82) is 0 Å². The molecule has 9 heteroatoms. The molecule has 4 rings (SSSR count). The van der Waals surface area contributed by atoms with E-state index < -0.39 is 52.3 Å². The van der Waals surface area contributed by atoms with Crippen LogP contribution in [0.1, 0.15) is 34.0 Å². The van der Waals surface area contributed by atoms with Crippen molar-refractivity contribution in [3.63, 3.8) is 0 Å². The van der Waals surface area contributed by atoms with Gasteiger partial charge in [-0.15, -0.1) is 0 Å². The Bertz CT molecular complexity index is 1170. The van der Waals surface area contributed by atoms with Gasteiger partial charge >= 0.3 is 0 Å². The van der Waals surface area contributed by atoms with Crippen molar-refractivity contribution in [1.82, 2.24) is 0 Å². The summed E-state index contributed by atoms with van der Waals surface area (Å²) in [6, 6.07) is 9.18. The molecule has 0 bridgehead atoms. The molecule has 0 amide bonds. The van der Waals surface area contributed by atoms with E-state index >= 15 is 0 Å². The maximum absolute atomic E-state index is 12.9. The number of rotatable bonds is 4. The van der Waals surface area contributed by atoms with Gasteiger partial charge < -0.3 is 40.5 Å². The van der Waals surface area contributed by atoms with Gasteiger partial charge in [-0.1, -0.05) is 6.07 Å². The third-order valence-corrected chi connectivity index (χ3v) is 5.52. The number of carbonyl (C=O) groups is 1. The van der Waals surface area contributed by atoms with E-state index in [1.54, 1.807) is 12.1 Å². The summed E-state index contributed by atoms with van der Waals surface area (Å²) in [7, 11) is 0. The molecule has 32 heavy (non-hydrogen) atoms. The van der Waals surface area contributed by atoms with Crippen LogP contribution in [0.4, 0.5) is 0 Å². The Balaban J connectivity index is 1.73. The number of ether oxygens (including phenoxy) is 1. The van der Waals surface area contributed by atoms with E-state index in [0.717, 1.165) is 12.1 Å². The average Bonchev–Trinajstić information content (AvgIpc) is 2.75. The van der Waals surface area contributed by atoms with E-state index in [4.69, 9.17) is 4.74 Å². The molecule has 0 fully saturated rings. The van der Waals surface area contributed by atoms with Gasteiger partial charge in [0, 0.05) is 29.0 Å². The Morgan fingerprint density at radius 1 is 0.812 bits per heavy atom. The lowest BCUT2D eigenvalue weighted by Gasteiger charge is -2.34. The largest absolute Gasteiger partial charge is 0.508 e. The molecular weight excluding hydrogens is 420 g/mol. The summed E-state index contributed by atoms with van der Waals surface area (Å²) < 4.78 is 6.01. The second-order valence-electron chi connectivity index (χ2n) is 7.65. The SMILES string of the molecule is O=C(C[C@@H]1Cc2c(O)cccc2OC1c1cc(O)c(O)c(O)c1)c1cc(O)c(O)c(O)c1. The Labute approximate surface area is 181 Å². The molecule has 1 heterocycles. The van der Waals surface area contributed by atoms with Crippen molar-refractivity contribution >= 4 is 5.78 Å². The average molecular weight is 440 g/mol. The highest BCUT2D eigenvalue weighted by atomic mass is 16.5. The molecule has 3 aromatic carbocycles. The van der Waals surface area contributed by atoms with E-state index in [0.29, 0.717) is 16.9 Å². The minimum Gasteiger partial charge on any atom is -0.508 e. The summed E-state index contributed by atoms with van der Waals surface area (Å²) >= 11 is 0. The van der Waals surface area contributed by atoms with Crippen molar-refractivity contribution in [2.24, 2.45) is 5.92 Å². The van der Waals surface area contributed by atoms with Crippen LogP contribution < -0.4 is 4.74 Å². The second kappa shape index (κ2) is 7.77. The molecule has 1 aliphatic heterocycles. The van der Waals surface area contributed by atoms with Crippen molar-refractivity contribution in [2.75, 3.05) is 0 Å². The molecule has 0 radical (unpaired) electrons. The van der Waals surface area contributed by atoms with Crippen LogP contribution in [-0.4, -0.2) is 41.5 Å². The first kappa shape index (κ1) is 21.0. The topological polar surface area (TPSA) is 168 Å². The number of carbonyl (C=O) groups excluding carboxylic acids is 1. The van der Waals surface area contributed by atoms with E-state index in [9.17, 15) is 40.5 Å². The summed E-state index contributed by atoms with van der Waals surface area (Å²) in [6.45, 7) is 0. The molecule has 0 saturated carbocycles. The smallest absolute Gasteiger partial charge is 0.200 e. The second-order valence-corrected chi connectivity index (χ2v) is 7.65. The molecule has 1 unspecified atom stereocenters. The predicted octanol–water partition coefficient (Wildman–Crippen LogP) is 3.19. The number of benzene rings is 3. The van der Waals surface area contributed by atoms with Gasteiger partial charge in [0.25, 0.3) is 0 Å². The summed E-state index contributed by atoms with van der Waals surface area (Å²) in [5.74, 6) is -4.60. The molecule has 1 aliphatic rings. The van der Waals surface area contributed by atoms with Crippen molar-refractivity contribution < 1.29 is 45.3 Å². The molecule has 2 atom stereocenters. The molecule has 166 valence electrons. The fraction of sp³-hybridized carbons (Fsp3) is 0.174. The number of hydrogen-bond acceptors (Lipinski definition) is 9. The monoisotopic (exact) mass is 440 g/mol. The zero-order chi connectivity index (χ0) is 23.2. The lowest BCUT2D eigenvalue weighted by atomic mass is 9.82. The lowest BCUT2D eigenvalue weighted by molar-refractivity contribution is 0.0798. The lowest BCUT2D eigenvalue weighted by Crippen LogP contribution is -2.28. The maximum atomic E-state index is 12.9. The number of ketones is 1. The number of Topliss-reactive ketones (excluding diaryl/α,β-unsaturated/α-hetero) is 1. The number of aromatic hydroxyl groups is 7. The van der Waals surface area contributed by atoms with E-state index in [1.807, 2.05) is 0 Å². The summed E-state index contributed by atoms with van der Waals surface area (Å²) in [4.78, 5) is 12.9. The third kappa shape index (κ3) is 3.64. The first-order valence-corrected chi connectivity index (χ1v) is 9.66. The Morgan fingerprint density at radius 3 is 1.97 bits per heavy atom. The molecule has 9 nitrogen and oxygen atoms in total. The summed E-state index contributed by atoms with van der Waals surface area (Å²) in [5, 5.41) is 68.7. The van der Waals surface area contributed by atoms with Crippen molar-refractivity contribution in [3.05, 3.63) is 59.2 Å². The maximum Gasteiger partial charge on any atom is 0.200 e. The molecule has 0 aromatic heterocycles. The van der Waals surface area contributed by atoms with E-state index in [2.05, 4.69) is 0 Å². The fourth-order valence-corrected chi connectivity index (χ4v) is 3.90. The van der Waals surface area contributed by atoms with Gasteiger partial charge in [-0.3, -0.25) is 4.79 Å². The molecule has 3 aromatic rings. The first-order valence-electron chi connectivity index (χ1n) is 9.66. The highest BCUT2D eigenvalue weighted by Crippen LogP contribution is 2.47. The molecule has 0 aliphatic carbocycles. The van der Waals surface area contributed by atoms with E-state index in [-0.39, 0.29) is 24.2 Å². The molecule has 0 saturated heterocycles. The van der Waals surface area contributed by atoms with E-state index in [1.165, 1.54) is 18.2 Å². The van der Waals surface area contributed by atoms with Gasteiger partial charge in [-0.25, -0.2) is 0 Å². The number of fused-ring (bicyclic) bond motifs is 1. The van der Waals surface area contributed by atoms with Crippen LogP contribution in [0, 0.1) is 5.92 Å².